The zero-order valence-corrected chi connectivity index (χ0v) is 12.5. The van der Waals surface area contributed by atoms with Gasteiger partial charge in [-0.2, -0.15) is 0 Å². The molecule has 1 heterocycles. The molecule has 0 aliphatic heterocycles. The van der Waals surface area contributed by atoms with Crippen LogP contribution in [0, 0.1) is 0 Å². The molecule has 98 valence electrons. The van der Waals surface area contributed by atoms with Gasteiger partial charge in [0.25, 0.3) is 0 Å². The molecule has 0 amide bonds. The van der Waals surface area contributed by atoms with Crippen molar-refractivity contribution in [3.8, 4) is 0 Å². The number of hydrogen-bond donors (Lipinski definition) is 1. The highest BCUT2D eigenvalue weighted by molar-refractivity contribution is 6.74. The molecule has 0 bridgehead atoms. The second kappa shape index (κ2) is 5.33. The van der Waals surface area contributed by atoms with E-state index < -0.39 is 8.32 Å². The Balaban J connectivity index is 2.64. The van der Waals surface area contributed by atoms with E-state index in [1.165, 1.54) is 0 Å². The quantitative estimate of drug-likeness (QED) is 0.823. The highest BCUT2D eigenvalue weighted by atomic mass is 28.4. The molecule has 0 radical (unpaired) electrons. The fourth-order valence-corrected chi connectivity index (χ4v) is 2.18. The predicted octanol–water partition coefficient (Wildman–Crippen LogP) is 2.40. The van der Waals surface area contributed by atoms with Crippen molar-refractivity contribution in [3.63, 3.8) is 0 Å². The number of aromatic nitrogens is 2. The van der Waals surface area contributed by atoms with Gasteiger partial charge in [-0.1, -0.05) is 20.8 Å². The molecule has 0 unspecified atom stereocenters. The topological polar surface area (TPSA) is 47.3 Å². The monoisotopic (exact) mass is 256 g/mol. The van der Waals surface area contributed by atoms with Crippen molar-refractivity contribution in [2.75, 3.05) is 6.61 Å². The Morgan fingerprint density at radius 2 is 2.06 bits per heavy atom. The zero-order valence-electron chi connectivity index (χ0n) is 11.5. The molecule has 1 rings (SSSR count). The first kappa shape index (κ1) is 14.4. The molecule has 1 N–H and O–H groups in total. The summed E-state index contributed by atoms with van der Waals surface area (Å²) in [6.45, 7) is 12.4. The Hall–Kier alpha value is -0.653. The van der Waals surface area contributed by atoms with E-state index in [0.717, 1.165) is 5.82 Å². The summed E-state index contributed by atoms with van der Waals surface area (Å²) < 4.78 is 8.04. The van der Waals surface area contributed by atoms with E-state index >= 15 is 0 Å². The van der Waals surface area contributed by atoms with Crippen molar-refractivity contribution < 1.29 is 9.53 Å². The molecule has 0 aliphatic rings. The molecular formula is C12H24N2O2Si. The molecule has 0 spiro atoms. The van der Waals surface area contributed by atoms with Crippen molar-refractivity contribution >= 4 is 8.32 Å². The molecule has 5 heteroatoms. The van der Waals surface area contributed by atoms with Gasteiger partial charge < -0.3 is 14.1 Å². The maximum atomic E-state index is 8.94. The minimum atomic E-state index is -1.72. The third-order valence-electron chi connectivity index (χ3n) is 3.51. The lowest BCUT2D eigenvalue weighted by Gasteiger charge is -2.36. The van der Waals surface area contributed by atoms with Gasteiger partial charge in [-0.05, 0) is 18.1 Å². The first-order valence-corrected chi connectivity index (χ1v) is 8.93. The highest BCUT2D eigenvalue weighted by Gasteiger charge is 2.37. The molecule has 1 aromatic heterocycles. The van der Waals surface area contributed by atoms with E-state index in [4.69, 9.17) is 9.53 Å². The number of hydrogen-bond acceptors (Lipinski definition) is 3. The Bertz CT molecular complexity index is 356. The van der Waals surface area contributed by atoms with Crippen molar-refractivity contribution in [1.29, 1.82) is 0 Å². The van der Waals surface area contributed by atoms with Gasteiger partial charge in [0.15, 0.2) is 8.32 Å². The second-order valence-electron chi connectivity index (χ2n) is 5.81. The van der Waals surface area contributed by atoms with Crippen LogP contribution in [0.4, 0.5) is 0 Å². The van der Waals surface area contributed by atoms with Crippen LogP contribution in [0.3, 0.4) is 0 Å². The Labute approximate surface area is 105 Å². The summed E-state index contributed by atoms with van der Waals surface area (Å²) in [5.41, 5.74) is 0. The van der Waals surface area contributed by atoms with Gasteiger partial charge in [0.05, 0.1) is 13.2 Å². The molecular weight excluding hydrogens is 232 g/mol. The maximum Gasteiger partial charge on any atom is 0.192 e. The summed E-state index contributed by atoms with van der Waals surface area (Å²) in [6, 6.07) is 0. The molecule has 0 atom stereocenters. The van der Waals surface area contributed by atoms with Crippen molar-refractivity contribution in [2.45, 2.75) is 52.1 Å². The first-order chi connectivity index (χ1) is 7.78. The average Bonchev–Trinajstić information content (AvgIpc) is 2.61. The minimum Gasteiger partial charge on any atom is -0.409 e. The van der Waals surface area contributed by atoms with E-state index in [9.17, 15) is 0 Å². The van der Waals surface area contributed by atoms with Gasteiger partial charge in [0.1, 0.15) is 5.82 Å². The predicted molar refractivity (Wildman–Crippen MR) is 71.3 cm³/mol. The van der Waals surface area contributed by atoms with E-state index in [2.05, 4.69) is 38.8 Å². The minimum absolute atomic E-state index is 0.128. The number of nitrogens with zero attached hydrogens (tertiary/aromatic N) is 2. The van der Waals surface area contributed by atoms with E-state index in [1.807, 2.05) is 10.8 Å². The lowest BCUT2D eigenvalue weighted by Crippen LogP contribution is -2.40. The number of aliphatic hydroxyl groups is 1. The number of rotatable bonds is 5. The van der Waals surface area contributed by atoms with E-state index in [1.54, 1.807) is 6.20 Å². The highest BCUT2D eigenvalue weighted by Crippen LogP contribution is 2.36. The summed E-state index contributed by atoms with van der Waals surface area (Å²) in [5.74, 6) is 0.892. The van der Waals surface area contributed by atoms with E-state index in [-0.39, 0.29) is 11.6 Å². The molecule has 0 fully saturated rings. The summed E-state index contributed by atoms with van der Waals surface area (Å²) in [7, 11) is -1.72. The van der Waals surface area contributed by atoms with Gasteiger partial charge in [-0.25, -0.2) is 4.98 Å². The smallest absolute Gasteiger partial charge is 0.192 e. The molecule has 0 aromatic carbocycles. The van der Waals surface area contributed by atoms with Gasteiger partial charge in [-0.15, -0.1) is 0 Å². The van der Waals surface area contributed by atoms with Crippen molar-refractivity contribution in [1.82, 2.24) is 9.55 Å². The number of imidazole rings is 1. The number of aliphatic hydroxyl groups excluding tert-OH is 1. The molecule has 0 saturated carbocycles. The van der Waals surface area contributed by atoms with Gasteiger partial charge in [0, 0.05) is 18.9 Å². The second-order valence-corrected chi connectivity index (χ2v) is 10.6. The Morgan fingerprint density at radius 3 is 2.59 bits per heavy atom. The third-order valence-corrected chi connectivity index (χ3v) is 7.99. The SMILES string of the molecule is CC(C)(C)[Si](C)(C)OCc1nccn1CCO. The van der Waals surface area contributed by atoms with E-state index in [0.29, 0.717) is 13.2 Å². The standard InChI is InChI=1S/C12H24N2O2Si/c1-12(2,3)17(4,5)16-10-11-13-6-7-14(11)8-9-15/h6-7,15H,8-10H2,1-5H3. The molecule has 17 heavy (non-hydrogen) atoms. The van der Waals surface area contributed by atoms with Crippen molar-refractivity contribution in [3.05, 3.63) is 18.2 Å². The van der Waals surface area contributed by atoms with Crippen LogP contribution in [0.1, 0.15) is 26.6 Å². The Morgan fingerprint density at radius 1 is 1.41 bits per heavy atom. The van der Waals surface area contributed by atoms with Gasteiger partial charge >= 0.3 is 0 Å². The fraction of sp³-hybridized carbons (Fsp3) is 0.750. The van der Waals surface area contributed by atoms with Gasteiger partial charge in [0.2, 0.25) is 0 Å². The van der Waals surface area contributed by atoms with Crippen LogP contribution in [0.2, 0.25) is 18.1 Å². The summed E-state index contributed by atoms with van der Waals surface area (Å²) in [4.78, 5) is 4.27. The summed E-state index contributed by atoms with van der Waals surface area (Å²) in [5, 5.41) is 9.15. The summed E-state index contributed by atoms with van der Waals surface area (Å²) >= 11 is 0. The van der Waals surface area contributed by atoms with Crippen LogP contribution in [-0.2, 0) is 17.6 Å². The van der Waals surface area contributed by atoms with Crippen molar-refractivity contribution in [2.24, 2.45) is 0 Å². The van der Waals surface area contributed by atoms with Crippen LogP contribution < -0.4 is 0 Å². The molecule has 0 aliphatic carbocycles. The molecule has 1 aromatic rings. The van der Waals surface area contributed by atoms with Crippen LogP contribution in [0.15, 0.2) is 12.4 Å². The maximum absolute atomic E-state index is 8.94. The third kappa shape index (κ3) is 3.66. The largest absolute Gasteiger partial charge is 0.409 e. The van der Waals surface area contributed by atoms with Crippen LogP contribution in [0.25, 0.3) is 0 Å². The van der Waals surface area contributed by atoms with Crippen LogP contribution in [-0.4, -0.2) is 29.6 Å². The Kier molecular flexibility index (Phi) is 4.52. The summed E-state index contributed by atoms with van der Waals surface area (Å²) in [6.07, 6.45) is 3.63. The zero-order chi connectivity index (χ0) is 13.1. The fourth-order valence-electron chi connectivity index (χ4n) is 1.25. The lowest BCUT2D eigenvalue weighted by molar-refractivity contribution is 0.246. The normalized spacial score (nSPS) is 13.1. The lowest BCUT2D eigenvalue weighted by atomic mass is 10.2. The first-order valence-electron chi connectivity index (χ1n) is 6.03. The van der Waals surface area contributed by atoms with Crippen LogP contribution >= 0.6 is 0 Å². The van der Waals surface area contributed by atoms with Crippen LogP contribution in [0.5, 0.6) is 0 Å². The van der Waals surface area contributed by atoms with Gasteiger partial charge in [-0.3, -0.25) is 0 Å². The molecule has 4 nitrogen and oxygen atoms in total. The molecule has 0 saturated heterocycles. The average molecular weight is 256 g/mol.